The molecule has 19 heavy (non-hydrogen) atoms. The Bertz CT molecular complexity index is 439. The lowest BCUT2D eigenvalue weighted by atomic mass is 10.0. The third-order valence-electron chi connectivity index (χ3n) is 2.70. The topological polar surface area (TPSA) is 78.8 Å². The molecule has 0 aliphatic heterocycles. The molecule has 1 rings (SSSR count). The second-order valence-corrected chi connectivity index (χ2v) is 4.15. The first-order chi connectivity index (χ1) is 8.97. The first-order valence-electron chi connectivity index (χ1n) is 5.90. The van der Waals surface area contributed by atoms with Crippen LogP contribution in [-0.4, -0.2) is 35.9 Å². The Hall–Kier alpha value is -1.66. The first-order valence-corrected chi connectivity index (χ1v) is 5.90. The number of aliphatic hydroxyl groups is 2. The highest BCUT2D eigenvalue weighted by Gasteiger charge is 2.23. The van der Waals surface area contributed by atoms with Crippen LogP contribution in [0.1, 0.15) is 25.0 Å². The van der Waals surface area contributed by atoms with Gasteiger partial charge in [0.05, 0.1) is 13.2 Å². The standard InChI is InChI=1S/C13H18FNO4/c1-8(16)15-7-6-11(17)12(18)9-4-3-5-10(14)13(9)19-2/h3-5,11-12,17-18H,6-7H2,1-2H3,(H,15,16). The van der Waals surface area contributed by atoms with E-state index in [1.807, 2.05) is 0 Å². The number of ether oxygens (including phenoxy) is 1. The first kappa shape index (κ1) is 15.4. The number of hydrogen-bond donors (Lipinski definition) is 3. The highest BCUT2D eigenvalue weighted by molar-refractivity contribution is 5.72. The van der Waals surface area contributed by atoms with Gasteiger partial charge in [0.15, 0.2) is 11.6 Å². The molecular weight excluding hydrogens is 253 g/mol. The Kier molecular flexibility index (Phi) is 5.72. The summed E-state index contributed by atoms with van der Waals surface area (Å²) in [7, 11) is 1.29. The predicted octanol–water partition coefficient (Wildman–Crippen LogP) is 0.755. The van der Waals surface area contributed by atoms with Gasteiger partial charge in [-0.05, 0) is 12.5 Å². The molecule has 0 heterocycles. The minimum atomic E-state index is -1.28. The van der Waals surface area contributed by atoms with E-state index in [0.29, 0.717) is 0 Å². The van der Waals surface area contributed by atoms with Crippen LogP contribution >= 0.6 is 0 Å². The second kappa shape index (κ2) is 7.06. The number of benzene rings is 1. The zero-order valence-electron chi connectivity index (χ0n) is 10.9. The maximum Gasteiger partial charge on any atom is 0.216 e. The van der Waals surface area contributed by atoms with Gasteiger partial charge in [-0.15, -0.1) is 0 Å². The Morgan fingerprint density at radius 1 is 1.47 bits per heavy atom. The number of amides is 1. The lowest BCUT2D eigenvalue weighted by Gasteiger charge is -2.20. The number of methoxy groups -OCH3 is 1. The molecule has 0 aromatic heterocycles. The quantitative estimate of drug-likeness (QED) is 0.713. The van der Waals surface area contributed by atoms with Gasteiger partial charge in [0.1, 0.15) is 6.10 Å². The van der Waals surface area contributed by atoms with Crippen molar-refractivity contribution in [3.63, 3.8) is 0 Å². The SMILES string of the molecule is COc1c(F)cccc1C(O)C(O)CCNC(C)=O. The van der Waals surface area contributed by atoms with Crippen molar-refractivity contribution in [1.29, 1.82) is 0 Å². The summed E-state index contributed by atoms with van der Waals surface area (Å²) in [4.78, 5) is 10.7. The van der Waals surface area contributed by atoms with Crippen molar-refractivity contribution in [3.8, 4) is 5.75 Å². The third-order valence-corrected chi connectivity index (χ3v) is 2.70. The van der Waals surface area contributed by atoms with E-state index in [2.05, 4.69) is 5.32 Å². The molecular formula is C13H18FNO4. The third kappa shape index (κ3) is 4.18. The molecule has 0 fully saturated rings. The summed E-state index contributed by atoms with van der Waals surface area (Å²) in [5.41, 5.74) is 0.179. The fourth-order valence-electron chi connectivity index (χ4n) is 1.74. The van der Waals surface area contributed by atoms with Gasteiger partial charge < -0.3 is 20.3 Å². The number of aliphatic hydroxyl groups excluding tert-OH is 2. The van der Waals surface area contributed by atoms with Gasteiger partial charge in [0, 0.05) is 19.0 Å². The Morgan fingerprint density at radius 2 is 2.16 bits per heavy atom. The van der Waals surface area contributed by atoms with Gasteiger partial charge in [0.2, 0.25) is 5.91 Å². The van der Waals surface area contributed by atoms with Crippen molar-refractivity contribution in [2.24, 2.45) is 0 Å². The maximum atomic E-state index is 13.5. The molecule has 1 aromatic rings. The molecule has 0 spiro atoms. The van der Waals surface area contributed by atoms with Crippen LogP contribution in [0.4, 0.5) is 4.39 Å². The van der Waals surface area contributed by atoms with E-state index in [9.17, 15) is 19.4 Å². The van der Waals surface area contributed by atoms with Crippen molar-refractivity contribution in [2.75, 3.05) is 13.7 Å². The van der Waals surface area contributed by atoms with Crippen molar-refractivity contribution in [3.05, 3.63) is 29.6 Å². The van der Waals surface area contributed by atoms with E-state index < -0.39 is 18.0 Å². The minimum Gasteiger partial charge on any atom is -0.493 e. The van der Waals surface area contributed by atoms with Gasteiger partial charge in [-0.3, -0.25) is 4.79 Å². The molecule has 0 aliphatic carbocycles. The van der Waals surface area contributed by atoms with E-state index in [-0.39, 0.29) is 30.2 Å². The number of nitrogens with one attached hydrogen (secondary N) is 1. The van der Waals surface area contributed by atoms with Crippen molar-refractivity contribution in [1.82, 2.24) is 5.32 Å². The number of para-hydroxylation sites is 1. The fraction of sp³-hybridized carbons (Fsp3) is 0.462. The van der Waals surface area contributed by atoms with E-state index in [0.717, 1.165) is 0 Å². The van der Waals surface area contributed by atoms with Crippen molar-refractivity contribution >= 4 is 5.91 Å². The van der Waals surface area contributed by atoms with Crippen LogP contribution in [0.2, 0.25) is 0 Å². The predicted molar refractivity (Wildman–Crippen MR) is 67.2 cm³/mol. The van der Waals surface area contributed by atoms with Crippen LogP contribution in [0.25, 0.3) is 0 Å². The normalized spacial score (nSPS) is 13.7. The van der Waals surface area contributed by atoms with Crippen molar-refractivity contribution in [2.45, 2.75) is 25.6 Å². The minimum absolute atomic E-state index is 0.0893. The summed E-state index contributed by atoms with van der Waals surface area (Å²) < 4.78 is 18.3. The van der Waals surface area contributed by atoms with E-state index in [1.165, 1.54) is 32.2 Å². The fourth-order valence-corrected chi connectivity index (χ4v) is 1.74. The average molecular weight is 271 g/mol. The highest BCUT2D eigenvalue weighted by Crippen LogP contribution is 2.30. The summed E-state index contributed by atoms with van der Waals surface area (Å²) in [6.07, 6.45) is -2.25. The Morgan fingerprint density at radius 3 is 2.74 bits per heavy atom. The Labute approximate surface area is 111 Å². The number of carbonyl (C=O) groups excluding carboxylic acids is 1. The lowest BCUT2D eigenvalue weighted by Crippen LogP contribution is -2.27. The second-order valence-electron chi connectivity index (χ2n) is 4.15. The molecule has 2 unspecified atom stereocenters. The summed E-state index contributed by atoms with van der Waals surface area (Å²) >= 11 is 0. The molecule has 3 N–H and O–H groups in total. The average Bonchev–Trinajstić information content (AvgIpc) is 2.37. The molecule has 0 saturated carbocycles. The molecule has 0 bridgehead atoms. The highest BCUT2D eigenvalue weighted by atomic mass is 19.1. The number of carbonyl (C=O) groups is 1. The van der Waals surface area contributed by atoms with Crippen LogP contribution in [0.3, 0.4) is 0 Å². The lowest BCUT2D eigenvalue weighted by molar-refractivity contribution is -0.119. The molecule has 0 radical (unpaired) electrons. The summed E-state index contributed by atoms with van der Waals surface area (Å²) in [5.74, 6) is -0.910. The van der Waals surface area contributed by atoms with Crippen LogP contribution in [0.5, 0.6) is 5.75 Å². The summed E-state index contributed by atoms with van der Waals surface area (Å²) in [6, 6.07) is 4.11. The number of hydrogen-bond acceptors (Lipinski definition) is 4. The molecule has 0 saturated heterocycles. The van der Waals surface area contributed by atoms with Crippen LogP contribution in [0.15, 0.2) is 18.2 Å². The molecule has 1 aromatic carbocycles. The Balaban J connectivity index is 2.73. The van der Waals surface area contributed by atoms with E-state index >= 15 is 0 Å². The van der Waals surface area contributed by atoms with Gasteiger partial charge in [-0.2, -0.15) is 0 Å². The van der Waals surface area contributed by atoms with Crippen molar-refractivity contribution < 1.29 is 24.1 Å². The molecule has 1 amide bonds. The smallest absolute Gasteiger partial charge is 0.216 e. The summed E-state index contributed by atoms with van der Waals surface area (Å²) in [5, 5.41) is 22.3. The van der Waals surface area contributed by atoms with E-state index in [1.54, 1.807) is 0 Å². The monoisotopic (exact) mass is 271 g/mol. The zero-order valence-corrected chi connectivity index (χ0v) is 10.9. The number of halogens is 1. The van der Waals surface area contributed by atoms with Gasteiger partial charge >= 0.3 is 0 Å². The van der Waals surface area contributed by atoms with Gasteiger partial charge in [0.25, 0.3) is 0 Å². The van der Waals surface area contributed by atoms with Gasteiger partial charge in [-0.1, -0.05) is 12.1 Å². The largest absolute Gasteiger partial charge is 0.493 e. The molecule has 2 atom stereocenters. The molecule has 5 nitrogen and oxygen atoms in total. The van der Waals surface area contributed by atoms with Gasteiger partial charge in [-0.25, -0.2) is 4.39 Å². The van der Waals surface area contributed by atoms with Crippen LogP contribution in [-0.2, 0) is 4.79 Å². The van der Waals surface area contributed by atoms with Crippen LogP contribution < -0.4 is 10.1 Å². The van der Waals surface area contributed by atoms with E-state index in [4.69, 9.17) is 4.74 Å². The molecule has 106 valence electrons. The zero-order chi connectivity index (χ0) is 14.4. The molecule has 0 aliphatic rings. The maximum absolute atomic E-state index is 13.5. The summed E-state index contributed by atoms with van der Waals surface area (Å²) in [6.45, 7) is 1.59. The number of rotatable bonds is 6. The van der Waals surface area contributed by atoms with Crippen LogP contribution in [0, 0.1) is 5.82 Å². The molecule has 6 heteroatoms.